The summed E-state index contributed by atoms with van der Waals surface area (Å²) in [5.74, 6) is -0.947. The molecule has 0 heterocycles. The van der Waals surface area contributed by atoms with Crippen molar-refractivity contribution in [2.45, 2.75) is 26.4 Å². The largest absolute Gasteiger partial charge is 0.497 e. The summed E-state index contributed by atoms with van der Waals surface area (Å²) in [6, 6.07) is 13.9. The predicted molar refractivity (Wildman–Crippen MR) is 105 cm³/mol. The van der Waals surface area contributed by atoms with Gasteiger partial charge in [-0.15, -0.1) is 0 Å². The molecule has 1 atom stereocenters. The van der Waals surface area contributed by atoms with E-state index in [-0.39, 0.29) is 6.54 Å². The number of amides is 2. The molecular formula is C21H24N2O5. The van der Waals surface area contributed by atoms with Gasteiger partial charge in [-0.3, -0.25) is 14.4 Å². The summed E-state index contributed by atoms with van der Waals surface area (Å²) in [6.07, 6.45) is -0.0824. The third kappa shape index (κ3) is 6.12. The lowest BCUT2D eigenvalue weighted by Gasteiger charge is -2.14. The molecule has 2 rings (SSSR count). The molecule has 7 nitrogen and oxygen atoms in total. The van der Waals surface area contributed by atoms with E-state index in [1.54, 1.807) is 36.4 Å². The lowest BCUT2D eigenvalue weighted by atomic mass is 10.1. The topological polar surface area (TPSA) is 93.7 Å². The fourth-order valence-electron chi connectivity index (χ4n) is 2.36. The molecule has 0 aliphatic rings. The average molecular weight is 384 g/mol. The van der Waals surface area contributed by atoms with Gasteiger partial charge in [-0.05, 0) is 55.3 Å². The van der Waals surface area contributed by atoms with E-state index in [4.69, 9.17) is 9.47 Å². The minimum Gasteiger partial charge on any atom is -0.497 e. The van der Waals surface area contributed by atoms with Crippen molar-refractivity contribution in [2.24, 2.45) is 0 Å². The second kappa shape index (κ2) is 10.1. The Morgan fingerprint density at radius 3 is 2.21 bits per heavy atom. The monoisotopic (exact) mass is 384 g/mol. The number of benzene rings is 2. The Morgan fingerprint density at radius 1 is 1.00 bits per heavy atom. The van der Waals surface area contributed by atoms with E-state index in [1.165, 1.54) is 14.0 Å². The highest BCUT2D eigenvalue weighted by atomic mass is 16.5. The van der Waals surface area contributed by atoms with E-state index in [9.17, 15) is 14.4 Å². The van der Waals surface area contributed by atoms with Gasteiger partial charge in [-0.1, -0.05) is 19.1 Å². The first-order valence-electron chi connectivity index (χ1n) is 8.94. The van der Waals surface area contributed by atoms with Crippen LogP contribution in [-0.4, -0.2) is 37.5 Å². The van der Waals surface area contributed by atoms with Gasteiger partial charge in [0.15, 0.2) is 6.10 Å². The Kier molecular flexibility index (Phi) is 7.56. The highest BCUT2D eigenvalue weighted by molar-refractivity contribution is 5.97. The van der Waals surface area contributed by atoms with Crippen LogP contribution in [-0.2, 0) is 20.7 Å². The first kappa shape index (κ1) is 21.0. The van der Waals surface area contributed by atoms with Gasteiger partial charge in [0.05, 0.1) is 7.11 Å². The van der Waals surface area contributed by atoms with Gasteiger partial charge in [0.25, 0.3) is 11.8 Å². The van der Waals surface area contributed by atoms with Gasteiger partial charge in [0.1, 0.15) is 12.3 Å². The summed E-state index contributed by atoms with van der Waals surface area (Å²) in [5, 5.41) is 5.14. The van der Waals surface area contributed by atoms with Crippen LogP contribution in [0.25, 0.3) is 0 Å². The van der Waals surface area contributed by atoms with Gasteiger partial charge in [0, 0.05) is 11.3 Å². The minimum atomic E-state index is -0.990. The van der Waals surface area contributed by atoms with E-state index < -0.39 is 23.9 Å². The zero-order chi connectivity index (χ0) is 20.5. The lowest BCUT2D eigenvalue weighted by molar-refractivity contribution is -0.152. The number of carbonyl (C=O) groups is 3. The zero-order valence-corrected chi connectivity index (χ0v) is 16.2. The molecule has 0 spiro atoms. The summed E-state index contributed by atoms with van der Waals surface area (Å²) >= 11 is 0. The van der Waals surface area contributed by atoms with Crippen LogP contribution >= 0.6 is 0 Å². The van der Waals surface area contributed by atoms with Crippen molar-refractivity contribution in [1.82, 2.24) is 5.32 Å². The molecule has 2 aromatic carbocycles. The van der Waals surface area contributed by atoms with Crippen molar-refractivity contribution >= 4 is 23.5 Å². The summed E-state index contributed by atoms with van der Waals surface area (Å²) in [6.45, 7) is 3.18. The number of nitrogens with one attached hydrogen (secondary N) is 2. The number of ether oxygens (including phenoxy) is 2. The van der Waals surface area contributed by atoms with Crippen LogP contribution in [0.15, 0.2) is 48.5 Å². The second-order valence-electron chi connectivity index (χ2n) is 6.08. The normalized spacial score (nSPS) is 11.2. The molecule has 148 valence electrons. The maximum absolute atomic E-state index is 12.1. The molecular weight excluding hydrogens is 360 g/mol. The minimum absolute atomic E-state index is 0.340. The van der Waals surface area contributed by atoms with Crippen molar-refractivity contribution < 1.29 is 23.9 Å². The molecule has 2 aromatic rings. The van der Waals surface area contributed by atoms with Crippen molar-refractivity contribution in [2.75, 3.05) is 19.0 Å². The van der Waals surface area contributed by atoms with Crippen LogP contribution in [0.2, 0.25) is 0 Å². The molecule has 0 aliphatic heterocycles. The Hall–Kier alpha value is -3.35. The molecule has 0 bridgehead atoms. The highest BCUT2D eigenvalue weighted by Gasteiger charge is 2.18. The summed E-state index contributed by atoms with van der Waals surface area (Å²) in [7, 11) is 1.53. The average Bonchev–Trinajstić information content (AvgIpc) is 2.72. The van der Waals surface area contributed by atoms with Crippen LogP contribution in [0, 0.1) is 0 Å². The molecule has 0 radical (unpaired) electrons. The van der Waals surface area contributed by atoms with E-state index in [2.05, 4.69) is 10.6 Å². The molecule has 0 aromatic heterocycles. The molecule has 7 heteroatoms. The Balaban J connectivity index is 1.78. The van der Waals surface area contributed by atoms with E-state index in [0.29, 0.717) is 17.0 Å². The van der Waals surface area contributed by atoms with Gasteiger partial charge >= 0.3 is 5.97 Å². The summed E-state index contributed by atoms with van der Waals surface area (Å²) in [4.78, 5) is 36.1. The van der Waals surface area contributed by atoms with Gasteiger partial charge in [-0.2, -0.15) is 0 Å². The molecule has 2 N–H and O–H groups in total. The number of esters is 1. The molecule has 0 fully saturated rings. The van der Waals surface area contributed by atoms with E-state index >= 15 is 0 Å². The molecule has 0 saturated heterocycles. The van der Waals surface area contributed by atoms with Gasteiger partial charge in [-0.25, -0.2) is 0 Å². The number of aryl methyl sites for hydroxylation is 1. The van der Waals surface area contributed by atoms with Crippen molar-refractivity contribution in [1.29, 1.82) is 0 Å². The quantitative estimate of drug-likeness (QED) is 0.682. The first-order valence-corrected chi connectivity index (χ1v) is 8.94. The predicted octanol–water partition coefficient (Wildman–Crippen LogP) is 2.56. The molecule has 28 heavy (non-hydrogen) atoms. The standard InChI is InChI=1S/C21H24N2O5/c1-4-15-5-9-17(10-6-15)23-20(25)14(2)28-19(24)13-22-21(26)16-7-11-18(27-3)12-8-16/h5-12,14H,4,13H2,1-3H3,(H,22,26)(H,23,25). The Labute approximate surface area is 164 Å². The van der Waals surface area contributed by atoms with Crippen LogP contribution in [0.5, 0.6) is 5.75 Å². The number of carbonyl (C=O) groups excluding carboxylic acids is 3. The molecule has 2 amide bonds. The summed E-state index contributed by atoms with van der Waals surface area (Å²) in [5.41, 5.74) is 2.16. The Bertz CT molecular complexity index is 816. The lowest BCUT2D eigenvalue weighted by Crippen LogP contribution is -2.35. The third-order valence-corrected chi connectivity index (χ3v) is 4.05. The van der Waals surface area contributed by atoms with Crippen molar-refractivity contribution in [3.63, 3.8) is 0 Å². The van der Waals surface area contributed by atoms with Gasteiger partial charge in [0.2, 0.25) is 0 Å². The Morgan fingerprint density at radius 2 is 1.64 bits per heavy atom. The van der Waals surface area contributed by atoms with Gasteiger partial charge < -0.3 is 20.1 Å². The number of methoxy groups -OCH3 is 1. The van der Waals surface area contributed by atoms with Crippen LogP contribution in [0.4, 0.5) is 5.69 Å². The molecule has 0 aliphatic carbocycles. The van der Waals surface area contributed by atoms with Crippen molar-refractivity contribution in [3.05, 3.63) is 59.7 Å². The fraction of sp³-hybridized carbons (Fsp3) is 0.286. The fourth-order valence-corrected chi connectivity index (χ4v) is 2.36. The smallest absolute Gasteiger partial charge is 0.326 e. The maximum atomic E-state index is 12.1. The van der Waals surface area contributed by atoms with Crippen LogP contribution in [0.1, 0.15) is 29.8 Å². The third-order valence-electron chi connectivity index (χ3n) is 4.05. The number of rotatable bonds is 8. The molecule has 0 saturated carbocycles. The second-order valence-corrected chi connectivity index (χ2v) is 6.08. The maximum Gasteiger partial charge on any atom is 0.326 e. The number of hydrogen-bond acceptors (Lipinski definition) is 5. The van der Waals surface area contributed by atoms with Crippen LogP contribution in [0.3, 0.4) is 0 Å². The van der Waals surface area contributed by atoms with E-state index in [1.807, 2.05) is 19.1 Å². The van der Waals surface area contributed by atoms with Crippen LogP contribution < -0.4 is 15.4 Å². The SMILES string of the molecule is CCc1ccc(NC(=O)C(C)OC(=O)CNC(=O)c2ccc(OC)cc2)cc1. The highest BCUT2D eigenvalue weighted by Crippen LogP contribution is 2.12. The number of anilines is 1. The number of hydrogen-bond donors (Lipinski definition) is 2. The summed E-state index contributed by atoms with van der Waals surface area (Å²) < 4.78 is 10.1. The van der Waals surface area contributed by atoms with E-state index in [0.717, 1.165) is 12.0 Å². The first-order chi connectivity index (χ1) is 13.4. The van der Waals surface area contributed by atoms with Crippen molar-refractivity contribution in [3.8, 4) is 5.75 Å². The zero-order valence-electron chi connectivity index (χ0n) is 16.2. The molecule has 1 unspecified atom stereocenters.